The van der Waals surface area contributed by atoms with Gasteiger partial charge in [0, 0.05) is 6.20 Å². The highest BCUT2D eigenvalue weighted by Crippen LogP contribution is 2.05. The molecule has 76 valence electrons. The second-order valence-electron chi connectivity index (χ2n) is 2.95. The number of anilines is 1. The van der Waals surface area contributed by atoms with Crippen molar-refractivity contribution in [2.75, 3.05) is 5.32 Å². The Morgan fingerprint density at radius 3 is 2.87 bits per heavy atom. The molecule has 2 heterocycles. The van der Waals surface area contributed by atoms with Gasteiger partial charge >= 0.3 is 5.91 Å². The second-order valence-corrected chi connectivity index (χ2v) is 2.95. The molecule has 2 rings (SSSR count). The van der Waals surface area contributed by atoms with E-state index >= 15 is 0 Å². The molecule has 5 nitrogen and oxygen atoms in total. The van der Waals surface area contributed by atoms with Crippen LogP contribution in [0.1, 0.15) is 16.4 Å². The fraction of sp³-hybridized carbons (Fsp3) is 0.100. The van der Waals surface area contributed by atoms with Crippen molar-refractivity contribution in [2.24, 2.45) is 0 Å². The number of hydrogen-bond acceptors (Lipinski definition) is 4. The SMILES string of the molecule is Cc1cnc(C(=O)Nc2ccccn2)o1. The van der Waals surface area contributed by atoms with Crippen LogP contribution in [0.25, 0.3) is 0 Å². The molecule has 0 aliphatic carbocycles. The van der Waals surface area contributed by atoms with Crippen LogP contribution < -0.4 is 5.32 Å². The van der Waals surface area contributed by atoms with Crippen molar-refractivity contribution in [2.45, 2.75) is 6.92 Å². The van der Waals surface area contributed by atoms with E-state index in [0.717, 1.165) is 0 Å². The summed E-state index contributed by atoms with van der Waals surface area (Å²) < 4.78 is 5.07. The smallest absolute Gasteiger partial charge is 0.312 e. The minimum absolute atomic E-state index is 0.0400. The van der Waals surface area contributed by atoms with Crippen LogP contribution in [0.2, 0.25) is 0 Å². The Kier molecular flexibility index (Phi) is 2.45. The summed E-state index contributed by atoms with van der Waals surface area (Å²) in [5.74, 6) is 0.708. The minimum atomic E-state index is -0.401. The van der Waals surface area contributed by atoms with Gasteiger partial charge in [-0.1, -0.05) is 6.07 Å². The number of aromatic nitrogens is 2. The normalized spacial score (nSPS) is 9.93. The molecule has 2 aromatic heterocycles. The van der Waals surface area contributed by atoms with Gasteiger partial charge in [-0.3, -0.25) is 4.79 Å². The Morgan fingerprint density at radius 1 is 1.40 bits per heavy atom. The highest BCUT2D eigenvalue weighted by atomic mass is 16.4. The Bertz CT molecular complexity index is 465. The molecule has 1 amide bonds. The fourth-order valence-electron chi connectivity index (χ4n) is 1.07. The van der Waals surface area contributed by atoms with Gasteiger partial charge in [-0.2, -0.15) is 0 Å². The summed E-state index contributed by atoms with van der Waals surface area (Å²) in [6.07, 6.45) is 3.09. The molecule has 0 aliphatic heterocycles. The molecule has 0 bridgehead atoms. The predicted octanol–water partition coefficient (Wildman–Crippen LogP) is 1.63. The van der Waals surface area contributed by atoms with Crippen LogP contribution >= 0.6 is 0 Å². The summed E-state index contributed by atoms with van der Waals surface area (Å²) in [5, 5.41) is 2.57. The van der Waals surface area contributed by atoms with Crippen LogP contribution in [-0.2, 0) is 0 Å². The van der Waals surface area contributed by atoms with Gasteiger partial charge in [-0.25, -0.2) is 9.97 Å². The third-order valence-corrected chi connectivity index (χ3v) is 1.72. The van der Waals surface area contributed by atoms with Crippen molar-refractivity contribution < 1.29 is 9.21 Å². The quantitative estimate of drug-likeness (QED) is 0.805. The van der Waals surface area contributed by atoms with Gasteiger partial charge in [0.05, 0.1) is 6.20 Å². The van der Waals surface area contributed by atoms with Crippen molar-refractivity contribution in [1.29, 1.82) is 0 Å². The lowest BCUT2D eigenvalue weighted by Gasteiger charge is -1.99. The van der Waals surface area contributed by atoms with Crippen LogP contribution in [0.5, 0.6) is 0 Å². The first-order valence-electron chi connectivity index (χ1n) is 4.40. The van der Waals surface area contributed by atoms with Crippen molar-refractivity contribution in [3.8, 4) is 0 Å². The van der Waals surface area contributed by atoms with Gasteiger partial charge in [-0.15, -0.1) is 0 Å². The third kappa shape index (κ3) is 2.19. The van der Waals surface area contributed by atoms with E-state index in [1.807, 2.05) is 0 Å². The summed E-state index contributed by atoms with van der Waals surface area (Å²) >= 11 is 0. The lowest BCUT2D eigenvalue weighted by atomic mass is 10.4. The van der Waals surface area contributed by atoms with Crippen molar-refractivity contribution in [1.82, 2.24) is 9.97 Å². The predicted molar refractivity (Wildman–Crippen MR) is 53.4 cm³/mol. The molecule has 0 unspecified atom stereocenters. The van der Waals surface area contributed by atoms with Crippen molar-refractivity contribution in [3.05, 3.63) is 42.2 Å². The highest BCUT2D eigenvalue weighted by Gasteiger charge is 2.11. The van der Waals surface area contributed by atoms with Crippen LogP contribution in [0.15, 0.2) is 35.0 Å². The second kappa shape index (κ2) is 3.91. The van der Waals surface area contributed by atoms with Gasteiger partial charge in [0.25, 0.3) is 5.89 Å². The lowest BCUT2D eigenvalue weighted by Crippen LogP contribution is -2.12. The van der Waals surface area contributed by atoms with E-state index in [-0.39, 0.29) is 5.89 Å². The molecule has 0 radical (unpaired) electrons. The first-order valence-corrected chi connectivity index (χ1v) is 4.40. The lowest BCUT2D eigenvalue weighted by molar-refractivity contribution is 0.0988. The number of hydrogen-bond donors (Lipinski definition) is 1. The van der Waals surface area contributed by atoms with Crippen LogP contribution in [-0.4, -0.2) is 15.9 Å². The standard InChI is InChI=1S/C10H9N3O2/c1-7-6-12-10(15-7)9(14)13-8-4-2-3-5-11-8/h2-6H,1H3,(H,11,13,14). The Morgan fingerprint density at radius 2 is 2.27 bits per heavy atom. The number of amides is 1. The zero-order valence-electron chi connectivity index (χ0n) is 8.10. The number of rotatable bonds is 2. The fourth-order valence-corrected chi connectivity index (χ4v) is 1.07. The Labute approximate surface area is 86.2 Å². The molecule has 1 N–H and O–H groups in total. The molecule has 0 fully saturated rings. The van der Waals surface area contributed by atoms with Crippen molar-refractivity contribution >= 4 is 11.7 Å². The molecule has 0 atom stereocenters. The monoisotopic (exact) mass is 203 g/mol. The molecule has 15 heavy (non-hydrogen) atoms. The maximum atomic E-state index is 11.5. The zero-order valence-corrected chi connectivity index (χ0v) is 8.10. The maximum absolute atomic E-state index is 11.5. The molecular formula is C10H9N3O2. The molecule has 0 saturated carbocycles. The number of nitrogens with zero attached hydrogens (tertiary/aromatic N) is 2. The van der Waals surface area contributed by atoms with E-state index in [1.165, 1.54) is 6.20 Å². The van der Waals surface area contributed by atoms with Gasteiger partial charge in [0.2, 0.25) is 0 Å². The van der Waals surface area contributed by atoms with E-state index in [0.29, 0.717) is 11.6 Å². The van der Waals surface area contributed by atoms with Gasteiger partial charge in [-0.05, 0) is 19.1 Å². The van der Waals surface area contributed by atoms with E-state index in [9.17, 15) is 4.79 Å². The Balaban J connectivity index is 2.11. The van der Waals surface area contributed by atoms with Crippen LogP contribution in [0, 0.1) is 6.92 Å². The van der Waals surface area contributed by atoms with Gasteiger partial charge < -0.3 is 9.73 Å². The molecule has 2 aromatic rings. The number of carbonyl (C=O) groups is 1. The number of carbonyl (C=O) groups excluding carboxylic acids is 1. The number of aryl methyl sites for hydroxylation is 1. The Hall–Kier alpha value is -2.17. The van der Waals surface area contributed by atoms with Crippen LogP contribution in [0.3, 0.4) is 0 Å². The minimum Gasteiger partial charge on any atom is -0.438 e. The highest BCUT2D eigenvalue weighted by molar-refractivity contribution is 6.00. The summed E-state index contributed by atoms with van der Waals surface area (Å²) in [6, 6.07) is 5.24. The molecular weight excluding hydrogens is 194 g/mol. The number of nitrogens with one attached hydrogen (secondary N) is 1. The van der Waals surface area contributed by atoms with Crippen molar-refractivity contribution in [3.63, 3.8) is 0 Å². The number of oxazole rings is 1. The molecule has 0 saturated heterocycles. The molecule has 5 heteroatoms. The van der Waals surface area contributed by atoms with Crippen LogP contribution in [0.4, 0.5) is 5.82 Å². The summed E-state index contributed by atoms with van der Waals surface area (Å²) in [4.78, 5) is 19.3. The van der Waals surface area contributed by atoms with E-state index in [4.69, 9.17) is 4.42 Å². The molecule has 0 aromatic carbocycles. The van der Waals surface area contributed by atoms with Gasteiger partial charge in [0.15, 0.2) is 0 Å². The van der Waals surface area contributed by atoms with E-state index < -0.39 is 5.91 Å². The van der Waals surface area contributed by atoms with Gasteiger partial charge in [0.1, 0.15) is 11.6 Å². The first kappa shape index (κ1) is 9.39. The largest absolute Gasteiger partial charge is 0.438 e. The average molecular weight is 203 g/mol. The van der Waals surface area contributed by atoms with E-state index in [2.05, 4.69) is 15.3 Å². The summed E-state index contributed by atoms with van der Waals surface area (Å²) in [6.45, 7) is 1.73. The third-order valence-electron chi connectivity index (χ3n) is 1.72. The maximum Gasteiger partial charge on any atom is 0.312 e. The average Bonchev–Trinajstić information content (AvgIpc) is 2.66. The topological polar surface area (TPSA) is 68.0 Å². The number of pyridine rings is 1. The van der Waals surface area contributed by atoms with E-state index in [1.54, 1.807) is 31.3 Å². The first-order chi connectivity index (χ1) is 7.25. The molecule has 0 spiro atoms. The molecule has 0 aliphatic rings. The zero-order chi connectivity index (χ0) is 10.7. The summed E-state index contributed by atoms with van der Waals surface area (Å²) in [7, 11) is 0. The summed E-state index contributed by atoms with van der Waals surface area (Å²) in [5.41, 5.74) is 0.